The van der Waals surface area contributed by atoms with Gasteiger partial charge in [0.2, 0.25) is 5.91 Å². The fourth-order valence-corrected chi connectivity index (χ4v) is 4.28. The molecule has 0 unspecified atom stereocenters. The van der Waals surface area contributed by atoms with E-state index in [9.17, 15) is 9.59 Å². The molecular formula is C25H23N3O3S. The fourth-order valence-electron chi connectivity index (χ4n) is 3.36. The molecule has 4 aromatic rings. The highest BCUT2D eigenvalue weighted by atomic mass is 32.2. The number of methoxy groups -OCH3 is 1. The van der Waals surface area contributed by atoms with Gasteiger partial charge in [0.05, 0.1) is 29.0 Å². The number of nitrogens with zero attached hydrogens (tertiary/aromatic N) is 2. The van der Waals surface area contributed by atoms with E-state index < -0.39 is 5.25 Å². The molecular weight excluding hydrogens is 422 g/mol. The molecule has 4 rings (SSSR count). The SMILES string of the molecule is COc1ccc(C)cc1-n1c(S[C@@H](C)C(=O)Nc2ccccc2)nc2ccccc2c1=O. The van der Waals surface area contributed by atoms with E-state index in [1.54, 1.807) is 26.2 Å². The number of nitrogens with one attached hydrogen (secondary N) is 1. The summed E-state index contributed by atoms with van der Waals surface area (Å²) < 4.78 is 7.07. The number of hydrogen-bond acceptors (Lipinski definition) is 5. The lowest BCUT2D eigenvalue weighted by molar-refractivity contribution is -0.115. The van der Waals surface area contributed by atoms with Crippen LogP contribution in [0.4, 0.5) is 5.69 Å². The highest BCUT2D eigenvalue weighted by molar-refractivity contribution is 8.00. The number of aryl methyl sites for hydroxylation is 1. The molecule has 1 heterocycles. The summed E-state index contributed by atoms with van der Waals surface area (Å²) in [6, 6.07) is 22.1. The van der Waals surface area contributed by atoms with Crippen LogP contribution in [0.25, 0.3) is 16.6 Å². The van der Waals surface area contributed by atoms with Crippen molar-refractivity contribution in [3.63, 3.8) is 0 Å². The Morgan fingerprint density at radius 3 is 2.53 bits per heavy atom. The second kappa shape index (κ2) is 9.28. The van der Waals surface area contributed by atoms with Gasteiger partial charge in [0.15, 0.2) is 5.16 Å². The number of rotatable bonds is 6. The number of aromatic nitrogens is 2. The minimum atomic E-state index is -0.495. The molecule has 0 fully saturated rings. The number of thioether (sulfide) groups is 1. The van der Waals surface area contributed by atoms with Crippen LogP contribution >= 0.6 is 11.8 Å². The third-order valence-electron chi connectivity index (χ3n) is 5.01. The first kappa shape index (κ1) is 21.6. The first-order chi connectivity index (χ1) is 15.5. The lowest BCUT2D eigenvalue weighted by Gasteiger charge is -2.18. The summed E-state index contributed by atoms with van der Waals surface area (Å²) in [6.07, 6.45) is 0. The molecule has 1 atom stereocenters. The number of fused-ring (bicyclic) bond motifs is 1. The summed E-state index contributed by atoms with van der Waals surface area (Å²) in [6.45, 7) is 3.74. The lowest BCUT2D eigenvalue weighted by atomic mass is 10.2. The average Bonchev–Trinajstić information content (AvgIpc) is 2.80. The van der Waals surface area contributed by atoms with Crippen molar-refractivity contribution in [3.05, 3.63) is 88.7 Å². The second-order valence-electron chi connectivity index (χ2n) is 7.34. The number of benzene rings is 3. The Kier molecular flexibility index (Phi) is 6.28. The van der Waals surface area contributed by atoms with Crippen molar-refractivity contribution in [3.8, 4) is 11.4 Å². The number of carbonyl (C=O) groups excluding carboxylic acids is 1. The largest absolute Gasteiger partial charge is 0.495 e. The Morgan fingerprint density at radius 2 is 1.78 bits per heavy atom. The molecule has 0 saturated heterocycles. The maximum Gasteiger partial charge on any atom is 0.266 e. The van der Waals surface area contributed by atoms with Gasteiger partial charge in [0.1, 0.15) is 5.75 Å². The number of para-hydroxylation sites is 2. The van der Waals surface area contributed by atoms with Gasteiger partial charge in [-0.25, -0.2) is 4.98 Å². The maximum atomic E-state index is 13.5. The Balaban J connectivity index is 1.80. The standard InChI is InChI=1S/C25H23N3O3S/c1-16-13-14-22(31-3)21(15-16)28-24(30)19-11-7-8-12-20(19)27-25(28)32-17(2)23(29)26-18-9-5-4-6-10-18/h4-15,17H,1-3H3,(H,26,29)/t17-/m0/s1. The number of anilines is 1. The van der Waals surface area contributed by atoms with Crippen molar-refractivity contribution in [1.82, 2.24) is 9.55 Å². The first-order valence-corrected chi connectivity index (χ1v) is 11.1. The van der Waals surface area contributed by atoms with Crippen molar-refractivity contribution in [2.45, 2.75) is 24.3 Å². The third kappa shape index (κ3) is 4.38. The van der Waals surface area contributed by atoms with Gasteiger partial charge in [-0.1, -0.05) is 48.2 Å². The van der Waals surface area contributed by atoms with Crippen molar-refractivity contribution in [2.24, 2.45) is 0 Å². The van der Waals surface area contributed by atoms with Crippen LogP contribution in [0.1, 0.15) is 12.5 Å². The summed E-state index contributed by atoms with van der Waals surface area (Å²) in [5.41, 5.74) is 2.66. The van der Waals surface area contributed by atoms with Crippen LogP contribution in [0.2, 0.25) is 0 Å². The predicted molar refractivity (Wildman–Crippen MR) is 129 cm³/mol. The summed E-state index contributed by atoms with van der Waals surface area (Å²) in [7, 11) is 1.57. The van der Waals surface area contributed by atoms with Crippen molar-refractivity contribution in [1.29, 1.82) is 0 Å². The van der Waals surface area contributed by atoms with E-state index in [0.29, 0.717) is 33.2 Å². The number of ether oxygens (including phenoxy) is 1. The zero-order valence-corrected chi connectivity index (χ0v) is 18.8. The van der Waals surface area contributed by atoms with Gasteiger partial charge in [0, 0.05) is 5.69 Å². The number of hydrogen-bond donors (Lipinski definition) is 1. The van der Waals surface area contributed by atoms with Crippen LogP contribution in [0, 0.1) is 6.92 Å². The van der Waals surface area contributed by atoms with E-state index in [1.165, 1.54) is 16.3 Å². The van der Waals surface area contributed by atoms with Gasteiger partial charge in [-0.2, -0.15) is 0 Å². The van der Waals surface area contributed by atoms with Gasteiger partial charge in [0.25, 0.3) is 5.56 Å². The van der Waals surface area contributed by atoms with Crippen molar-refractivity contribution >= 4 is 34.3 Å². The lowest BCUT2D eigenvalue weighted by Crippen LogP contribution is -2.26. The third-order valence-corrected chi connectivity index (χ3v) is 6.07. The smallest absolute Gasteiger partial charge is 0.266 e. The first-order valence-electron chi connectivity index (χ1n) is 10.2. The molecule has 0 spiro atoms. The van der Waals surface area contributed by atoms with Gasteiger partial charge in [-0.15, -0.1) is 0 Å². The van der Waals surface area contributed by atoms with E-state index in [4.69, 9.17) is 9.72 Å². The number of amides is 1. The Morgan fingerprint density at radius 1 is 1.06 bits per heavy atom. The van der Waals surface area contributed by atoms with E-state index in [2.05, 4.69) is 5.32 Å². The molecule has 1 N–H and O–H groups in total. The van der Waals surface area contributed by atoms with Crippen LogP contribution in [0.5, 0.6) is 5.75 Å². The number of carbonyl (C=O) groups is 1. The van der Waals surface area contributed by atoms with Crippen LogP contribution in [0.15, 0.2) is 82.7 Å². The minimum absolute atomic E-state index is 0.175. The molecule has 7 heteroatoms. The molecule has 0 saturated carbocycles. The van der Waals surface area contributed by atoms with E-state index in [1.807, 2.05) is 67.6 Å². The summed E-state index contributed by atoms with van der Waals surface area (Å²) in [5.74, 6) is 0.379. The summed E-state index contributed by atoms with van der Waals surface area (Å²) >= 11 is 1.23. The van der Waals surface area contributed by atoms with Crippen LogP contribution in [-0.2, 0) is 4.79 Å². The average molecular weight is 446 g/mol. The summed E-state index contributed by atoms with van der Waals surface area (Å²) in [5, 5.41) is 3.34. The van der Waals surface area contributed by atoms with E-state index in [0.717, 1.165) is 5.56 Å². The second-order valence-corrected chi connectivity index (χ2v) is 8.65. The molecule has 0 bridgehead atoms. The molecule has 1 amide bonds. The van der Waals surface area contributed by atoms with Crippen LogP contribution < -0.4 is 15.6 Å². The van der Waals surface area contributed by atoms with Gasteiger partial charge in [-0.3, -0.25) is 14.2 Å². The maximum absolute atomic E-state index is 13.5. The predicted octanol–water partition coefficient (Wildman–Crippen LogP) is 4.82. The van der Waals surface area contributed by atoms with Crippen LogP contribution in [-0.4, -0.2) is 27.8 Å². The Hall–Kier alpha value is -3.58. The molecule has 6 nitrogen and oxygen atoms in total. The highest BCUT2D eigenvalue weighted by Crippen LogP contribution is 2.30. The molecule has 32 heavy (non-hydrogen) atoms. The zero-order chi connectivity index (χ0) is 22.7. The molecule has 0 aliphatic rings. The zero-order valence-electron chi connectivity index (χ0n) is 18.0. The topological polar surface area (TPSA) is 73.2 Å². The van der Waals surface area contributed by atoms with Gasteiger partial charge in [-0.05, 0) is 55.8 Å². The van der Waals surface area contributed by atoms with Crippen molar-refractivity contribution in [2.75, 3.05) is 12.4 Å². The van der Waals surface area contributed by atoms with Gasteiger partial charge < -0.3 is 10.1 Å². The quantitative estimate of drug-likeness (QED) is 0.340. The molecule has 0 aliphatic carbocycles. The summed E-state index contributed by atoms with van der Waals surface area (Å²) in [4.78, 5) is 31.1. The molecule has 1 aromatic heterocycles. The van der Waals surface area contributed by atoms with Crippen molar-refractivity contribution < 1.29 is 9.53 Å². The minimum Gasteiger partial charge on any atom is -0.495 e. The molecule has 3 aromatic carbocycles. The van der Waals surface area contributed by atoms with Crippen LogP contribution in [0.3, 0.4) is 0 Å². The molecule has 0 aliphatic heterocycles. The Labute approximate surface area is 190 Å². The normalized spacial score (nSPS) is 11.8. The van der Waals surface area contributed by atoms with E-state index >= 15 is 0 Å². The Bertz CT molecular complexity index is 1340. The highest BCUT2D eigenvalue weighted by Gasteiger charge is 2.22. The fraction of sp³-hybridized carbons (Fsp3) is 0.160. The molecule has 0 radical (unpaired) electrons. The molecule has 162 valence electrons. The van der Waals surface area contributed by atoms with E-state index in [-0.39, 0.29) is 11.5 Å². The monoisotopic (exact) mass is 445 g/mol. The van der Waals surface area contributed by atoms with Gasteiger partial charge >= 0.3 is 0 Å².